The van der Waals surface area contributed by atoms with E-state index in [2.05, 4.69) is 0 Å². The van der Waals surface area contributed by atoms with Crippen molar-refractivity contribution in [2.75, 3.05) is 0 Å². The van der Waals surface area contributed by atoms with E-state index in [1.54, 1.807) is 5.10 Å². The van der Waals surface area contributed by atoms with Gasteiger partial charge < -0.3 is 0 Å². The molecule has 1 heterocycles. The summed E-state index contributed by atoms with van der Waals surface area (Å²) in [5.74, 6) is -47.6. The quantitative estimate of drug-likeness (QED) is 0.317. The minimum absolute atomic E-state index is 0.722. The maximum absolute atomic E-state index is 14.1. The van der Waals surface area contributed by atoms with Gasteiger partial charge in [0.1, 0.15) is 5.69 Å². The lowest BCUT2D eigenvalue weighted by atomic mass is 10.1. The number of halogens is 18. The van der Waals surface area contributed by atoms with Crippen molar-refractivity contribution in [1.82, 2.24) is 14.8 Å². The number of rotatable bonds is 5. The van der Waals surface area contributed by atoms with Crippen LogP contribution in [0, 0.1) is 23.3 Å². The van der Waals surface area contributed by atoms with Gasteiger partial charge in [-0.2, -0.15) is 61.5 Å². The van der Waals surface area contributed by atoms with Gasteiger partial charge in [-0.1, -0.05) is 0 Å². The highest BCUT2D eigenvalue weighted by molar-refractivity contribution is 5.38. The van der Waals surface area contributed by atoms with Gasteiger partial charge in [0, 0.05) is 6.07 Å². The van der Waals surface area contributed by atoms with Gasteiger partial charge in [-0.05, 0) is 0 Å². The molecule has 0 unspecified atom stereocenters. The van der Waals surface area contributed by atoms with Crippen LogP contribution < -0.4 is 0 Å². The minimum Gasteiger partial charge on any atom is -0.205 e. The maximum atomic E-state index is 14.1. The van der Waals surface area contributed by atoms with E-state index in [0.29, 0.717) is 0 Å². The first kappa shape index (κ1) is 28.3. The topological polar surface area (TPSA) is 30.7 Å². The van der Waals surface area contributed by atoms with Crippen LogP contribution in [0.25, 0.3) is 5.69 Å². The summed E-state index contributed by atoms with van der Waals surface area (Å²) in [5.41, 5.74) is -2.93. The van der Waals surface area contributed by atoms with Gasteiger partial charge in [0.05, 0.1) is 0 Å². The Balaban J connectivity index is 3.05. The Bertz CT molecular complexity index is 1100. The number of hydrogen-bond donors (Lipinski definition) is 0. The highest BCUT2D eigenvalue weighted by atomic mass is 19.4. The van der Waals surface area contributed by atoms with E-state index >= 15 is 0 Å². The fraction of sp³-hybridized carbons (Fsp3) is 0.429. The fourth-order valence-electron chi connectivity index (χ4n) is 2.19. The van der Waals surface area contributed by atoms with E-state index < -0.39 is 87.4 Å². The molecular formula is C14HF18N3. The van der Waals surface area contributed by atoms with Crippen LogP contribution >= 0.6 is 0 Å². The van der Waals surface area contributed by atoms with Crippen LogP contribution in [-0.2, 0) is 11.8 Å². The standard InChI is InChI=1S/C14HF18N3/c15-2-1-3(16)5(18)6(4(2)17)35-8(10(21,22)12(25,26)14(30,31)32)33-7(34-35)9(19,20)11(23,24)13(27,28)29/h1H. The first-order chi connectivity index (χ1) is 15.3. The van der Waals surface area contributed by atoms with Crippen molar-refractivity contribution >= 4 is 0 Å². The van der Waals surface area contributed by atoms with E-state index in [1.807, 2.05) is 0 Å². The second-order valence-electron chi connectivity index (χ2n) is 6.28. The summed E-state index contributed by atoms with van der Waals surface area (Å²) in [4.78, 5) is 1.44. The van der Waals surface area contributed by atoms with Crippen molar-refractivity contribution in [1.29, 1.82) is 0 Å². The number of nitrogens with zero attached hydrogens (tertiary/aromatic N) is 3. The van der Waals surface area contributed by atoms with Gasteiger partial charge in [0.25, 0.3) is 0 Å². The zero-order valence-electron chi connectivity index (χ0n) is 15.2. The normalized spacial score (nSPS) is 14.6. The average molecular weight is 553 g/mol. The number of alkyl halides is 14. The molecule has 2 aromatic rings. The highest BCUT2D eigenvalue weighted by Gasteiger charge is 2.78. The molecule has 0 aliphatic carbocycles. The molecule has 2 rings (SSSR count). The number of hydrogen-bond acceptors (Lipinski definition) is 2. The second kappa shape index (κ2) is 7.80. The SMILES string of the molecule is Fc1cc(F)c(F)c(-n2nc(C(F)(F)C(F)(F)C(F)(F)F)nc2C(F)(F)C(F)(F)C(F)(F)F)c1F. The highest BCUT2D eigenvalue weighted by Crippen LogP contribution is 2.54. The lowest BCUT2D eigenvalue weighted by Gasteiger charge is -2.27. The summed E-state index contributed by atoms with van der Waals surface area (Å²) < 4.78 is 236. The molecule has 1 aromatic carbocycles. The average Bonchev–Trinajstić information content (AvgIpc) is 3.11. The molecule has 3 nitrogen and oxygen atoms in total. The Hall–Kier alpha value is -2.90. The molecular weight excluding hydrogens is 552 g/mol. The van der Waals surface area contributed by atoms with Gasteiger partial charge in [-0.15, -0.1) is 5.10 Å². The Labute approximate surface area is 177 Å². The predicted molar refractivity (Wildman–Crippen MR) is 71.0 cm³/mol. The monoisotopic (exact) mass is 553 g/mol. The molecule has 21 heteroatoms. The van der Waals surface area contributed by atoms with Crippen molar-refractivity contribution in [2.24, 2.45) is 0 Å². The van der Waals surface area contributed by atoms with E-state index in [4.69, 9.17) is 0 Å². The van der Waals surface area contributed by atoms with Crippen LogP contribution in [0.5, 0.6) is 0 Å². The molecule has 198 valence electrons. The Morgan fingerprint density at radius 2 is 0.943 bits per heavy atom. The van der Waals surface area contributed by atoms with Gasteiger partial charge in [-0.25, -0.2) is 27.2 Å². The zero-order valence-corrected chi connectivity index (χ0v) is 15.2. The lowest BCUT2D eigenvalue weighted by Crippen LogP contribution is -2.51. The smallest absolute Gasteiger partial charge is 0.205 e. The lowest BCUT2D eigenvalue weighted by molar-refractivity contribution is -0.363. The van der Waals surface area contributed by atoms with E-state index in [0.717, 1.165) is 0 Å². The van der Waals surface area contributed by atoms with Crippen LogP contribution in [0.3, 0.4) is 0 Å². The summed E-state index contributed by atoms with van der Waals surface area (Å²) in [6, 6.07) is -0.722. The van der Waals surface area contributed by atoms with Gasteiger partial charge in [0.2, 0.25) is 11.6 Å². The van der Waals surface area contributed by atoms with Crippen molar-refractivity contribution in [3.05, 3.63) is 41.0 Å². The Morgan fingerprint density at radius 1 is 0.571 bits per heavy atom. The van der Waals surface area contributed by atoms with Crippen molar-refractivity contribution < 1.29 is 79.0 Å². The summed E-state index contributed by atoms with van der Waals surface area (Å²) in [6.07, 6.45) is -14.6. The molecule has 0 aliphatic rings. The first-order valence-electron chi connectivity index (χ1n) is 7.80. The van der Waals surface area contributed by atoms with E-state index in [1.165, 1.54) is 4.98 Å². The largest absolute Gasteiger partial charge is 0.460 e. The van der Waals surface area contributed by atoms with Gasteiger partial charge >= 0.3 is 36.0 Å². The molecule has 0 atom stereocenters. The number of aromatic nitrogens is 3. The van der Waals surface area contributed by atoms with Crippen LogP contribution in [0.2, 0.25) is 0 Å². The van der Waals surface area contributed by atoms with Crippen molar-refractivity contribution in [3.63, 3.8) is 0 Å². The molecule has 0 radical (unpaired) electrons. The Morgan fingerprint density at radius 3 is 1.31 bits per heavy atom. The van der Waals surface area contributed by atoms with Crippen LogP contribution in [-0.4, -0.2) is 39.0 Å². The molecule has 35 heavy (non-hydrogen) atoms. The van der Waals surface area contributed by atoms with E-state index in [-0.39, 0.29) is 0 Å². The molecule has 0 saturated carbocycles. The maximum Gasteiger partial charge on any atom is 0.460 e. The van der Waals surface area contributed by atoms with Crippen molar-refractivity contribution in [3.8, 4) is 5.69 Å². The first-order valence-corrected chi connectivity index (χ1v) is 7.80. The van der Waals surface area contributed by atoms with Crippen LogP contribution in [0.1, 0.15) is 11.6 Å². The molecule has 0 bridgehead atoms. The van der Waals surface area contributed by atoms with Crippen LogP contribution in [0.4, 0.5) is 79.0 Å². The van der Waals surface area contributed by atoms with Crippen LogP contribution in [0.15, 0.2) is 6.07 Å². The molecule has 0 saturated heterocycles. The van der Waals surface area contributed by atoms with Gasteiger partial charge in [0.15, 0.2) is 23.3 Å². The third kappa shape index (κ3) is 4.00. The third-order valence-electron chi connectivity index (χ3n) is 3.97. The minimum atomic E-state index is -7.46. The fourth-order valence-corrected chi connectivity index (χ4v) is 2.19. The summed E-state index contributed by atoms with van der Waals surface area (Å²) in [6.45, 7) is 0. The molecule has 1 aromatic heterocycles. The second-order valence-corrected chi connectivity index (χ2v) is 6.28. The summed E-state index contributed by atoms with van der Waals surface area (Å²) in [7, 11) is 0. The summed E-state index contributed by atoms with van der Waals surface area (Å²) >= 11 is 0. The van der Waals surface area contributed by atoms with Gasteiger partial charge in [-0.3, -0.25) is 0 Å². The molecule has 0 N–H and O–H groups in total. The van der Waals surface area contributed by atoms with Crippen molar-refractivity contribution in [2.45, 2.75) is 36.0 Å². The number of benzene rings is 1. The Kier molecular flexibility index (Phi) is 6.32. The molecule has 0 amide bonds. The molecule has 0 aliphatic heterocycles. The molecule has 0 fully saturated rings. The summed E-state index contributed by atoms with van der Waals surface area (Å²) in [5, 5.41) is 1.68. The van der Waals surface area contributed by atoms with E-state index in [9.17, 15) is 79.0 Å². The zero-order chi connectivity index (χ0) is 27.7. The molecule has 0 spiro atoms. The third-order valence-corrected chi connectivity index (χ3v) is 3.97. The predicted octanol–water partition coefficient (Wildman–Crippen LogP) is 6.40.